The van der Waals surface area contributed by atoms with E-state index < -0.39 is 6.10 Å². The minimum absolute atomic E-state index is 0.406. The lowest BCUT2D eigenvalue weighted by atomic mass is 10.0. The van der Waals surface area contributed by atoms with Gasteiger partial charge in [0.15, 0.2) is 0 Å². The third kappa shape index (κ3) is 2.65. The van der Waals surface area contributed by atoms with Gasteiger partial charge in [0.1, 0.15) is 0 Å². The highest BCUT2D eigenvalue weighted by Gasteiger charge is 2.45. The lowest BCUT2D eigenvalue weighted by molar-refractivity contribution is 0.173. The summed E-state index contributed by atoms with van der Waals surface area (Å²) in [5.74, 6) is 0. The molecule has 1 fully saturated rings. The third-order valence-electron chi connectivity index (χ3n) is 4.23. The van der Waals surface area contributed by atoms with Crippen LogP contribution >= 0.6 is 0 Å². The monoisotopic (exact) mass is 255 g/mol. The van der Waals surface area contributed by atoms with Gasteiger partial charge >= 0.3 is 0 Å². The molecule has 2 atom stereocenters. The molecule has 1 aliphatic carbocycles. The molecule has 3 rings (SSSR count). The topological polar surface area (TPSA) is 32.3 Å². The van der Waals surface area contributed by atoms with Crippen LogP contribution in [0.15, 0.2) is 42.5 Å². The molecule has 1 saturated carbocycles. The Morgan fingerprint density at radius 3 is 2.58 bits per heavy atom. The fourth-order valence-corrected chi connectivity index (χ4v) is 2.60. The zero-order valence-electron chi connectivity index (χ0n) is 11.6. The lowest BCUT2D eigenvalue weighted by Crippen LogP contribution is -2.26. The van der Waals surface area contributed by atoms with Gasteiger partial charge in [0.25, 0.3) is 0 Å². The van der Waals surface area contributed by atoms with Gasteiger partial charge in [-0.3, -0.25) is 0 Å². The van der Waals surface area contributed by atoms with E-state index in [0.717, 1.165) is 5.56 Å². The van der Waals surface area contributed by atoms with Crippen molar-refractivity contribution in [3.05, 3.63) is 48.0 Å². The average molecular weight is 255 g/mol. The molecule has 0 bridgehead atoms. The number of rotatable bonds is 4. The molecule has 19 heavy (non-hydrogen) atoms. The van der Waals surface area contributed by atoms with Crippen LogP contribution < -0.4 is 5.32 Å². The predicted molar refractivity (Wildman–Crippen MR) is 79.1 cm³/mol. The Balaban J connectivity index is 1.69. The summed E-state index contributed by atoms with van der Waals surface area (Å²) in [5.41, 5.74) is 1.40. The third-order valence-corrected chi connectivity index (χ3v) is 4.23. The Morgan fingerprint density at radius 2 is 1.89 bits per heavy atom. The molecule has 0 aromatic heterocycles. The van der Waals surface area contributed by atoms with Crippen LogP contribution in [0, 0.1) is 5.41 Å². The van der Waals surface area contributed by atoms with E-state index in [9.17, 15) is 5.11 Å². The normalized spacial score (nSPS) is 22.4. The van der Waals surface area contributed by atoms with Crippen LogP contribution in [0.1, 0.15) is 31.9 Å². The van der Waals surface area contributed by atoms with Gasteiger partial charge < -0.3 is 10.4 Å². The lowest BCUT2D eigenvalue weighted by Gasteiger charge is -2.14. The van der Waals surface area contributed by atoms with Crippen molar-refractivity contribution in [2.75, 3.05) is 6.54 Å². The van der Waals surface area contributed by atoms with Crippen molar-refractivity contribution in [3.63, 3.8) is 0 Å². The zero-order chi connectivity index (χ0) is 13.5. The van der Waals surface area contributed by atoms with Gasteiger partial charge in [0.2, 0.25) is 0 Å². The summed E-state index contributed by atoms with van der Waals surface area (Å²) >= 11 is 0. The standard InChI is InChI=1S/C17H21NO/c1-17(2)10-16(17)18-11-15(19)14-8-7-12-5-3-4-6-13(12)9-14/h3-9,15-16,18-19H,10-11H2,1-2H3. The Kier molecular flexibility index (Phi) is 3.08. The van der Waals surface area contributed by atoms with E-state index in [-0.39, 0.29) is 0 Å². The fourth-order valence-electron chi connectivity index (χ4n) is 2.60. The Bertz CT molecular complexity index is 591. The second kappa shape index (κ2) is 4.62. The van der Waals surface area contributed by atoms with Crippen LogP contribution in [-0.2, 0) is 0 Å². The highest BCUT2D eigenvalue weighted by Crippen LogP contribution is 2.44. The van der Waals surface area contributed by atoms with Gasteiger partial charge in [-0.05, 0) is 34.2 Å². The van der Waals surface area contributed by atoms with Gasteiger partial charge in [-0.2, -0.15) is 0 Å². The maximum atomic E-state index is 10.3. The van der Waals surface area contributed by atoms with Crippen molar-refractivity contribution in [1.82, 2.24) is 5.32 Å². The van der Waals surface area contributed by atoms with E-state index in [1.165, 1.54) is 17.2 Å². The fraction of sp³-hybridized carbons (Fsp3) is 0.412. The van der Waals surface area contributed by atoms with E-state index in [4.69, 9.17) is 0 Å². The smallest absolute Gasteiger partial charge is 0.0914 e. The molecule has 2 nitrogen and oxygen atoms in total. The minimum Gasteiger partial charge on any atom is -0.387 e. The van der Waals surface area contributed by atoms with Crippen molar-refractivity contribution < 1.29 is 5.11 Å². The highest BCUT2D eigenvalue weighted by atomic mass is 16.3. The quantitative estimate of drug-likeness (QED) is 0.879. The van der Waals surface area contributed by atoms with Crippen molar-refractivity contribution in [2.24, 2.45) is 5.41 Å². The summed E-state index contributed by atoms with van der Waals surface area (Å²) < 4.78 is 0. The largest absolute Gasteiger partial charge is 0.387 e. The molecule has 100 valence electrons. The number of nitrogens with one attached hydrogen (secondary N) is 1. The second-order valence-electron chi connectivity index (χ2n) is 6.28. The second-order valence-corrected chi connectivity index (χ2v) is 6.28. The molecule has 0 heterocycles. The molecule has 1 aliphatic rings. The molecule has 2 aromatic carbocycles. The molecule has 0 radical (unpaired) electrons. The molecule has 2 heteroatoms. The van der Waals surface area contributed by atoms with E-state index in [2.05, 4.69) is 43.4 Å². The Hall–Kier alpha value is -1.38. The molecular weight excluding hydrogens is 234 g/mol. The molecule has 0 aliphatic heterocycles. The van der Waals surface area contributed by atoms with Gasteiger partial charge in [0, 0.05) is 12.6 Å². The first-order chi connectivity index (χ1) is 9.06. The predicted octanol–water partition coefficient (Wildman–Crippen LogP) is 3.26. The summed E-state index contributed by atoms with van der Waals surface area (Å²) in [6.07, 6.45) is 0.776. The van der Waals surface area contributed by atoms with Gasteiger partial charge in [0.05, 0.1) is 6.10 Å². The maximum Gasteiger partial charge on any atom is 0.0914 e. The molecular formula is C17H21NO. The van der Waals surface area contributed by atoms with Crippen molar-refractivity contribution in [2.45, 2.75) is 32.4 Å². The summed E-state index contributed by atoms with van der Waals surface area (Å²) in [6, 6.07) is 15.0. The first-order valence-electron chi connectivity index (χ1n) is 6.96. The minimum atomic E-state index is -0.430. The summed E-state index contributed by atoms with van der Waals surface area (Å²) in [6.45, 7) is 5.15. The van der Waals surface area contributed by atoms with Crippen LogP contribution in [0.4, 0.5) is 0 Å². The average Bonchev–Trinajstić information content (AvgIpc) is 3.03. The molecule has 0 spiro atoms. The molecule has 2 N–H and O–H groups in total. The number of fused-ring (bicyclic) bond motifs is 1. The van der Waals surface area contributed by atoms with Crippen LogP contribution in [0.25, 0.3) is 10.8 Å². The van der Waals surface area contributed by atoms with Crippen molar-refractivity contribution in [1.29, 1.82) is 0 Å². The highest BCUT2D eigenvalue weighted by molar-refractivity contribution is 5.83. The SMILES string of the molecule is CC1(C)CC1NCC(O)c1ccc2ccccc2c1. The number of aliphatic hydroxyl groups is 1. The Morgan fingerprint density at radius 1 is 1.21 bits per heavy atom. The zero-order valence-corrected chi connectivity index (χ0v) is 11.6. The maximum absolute atomic E-state index is 10.3. The van der Waals surface area contributed by atoms with E-state index in [1.54, 1.807) is 0 Å². The van der Waals surface area contributed by atoms with Crippen molar-refractivity contribution in [3.8, 4) is 0 Å². The van der Waals surface area contributed by atoms with Crippen LogP contribution in [0.2, 0.25) is 0 Å². The number of aliphatic hydroxyl groups excluding tert-OH is 1. The summed E-state index contributed by atoms with van der Waals surface area (Å²) in [5, 5.41) is 16.1. The van der Waals surface area contributed by atoms with Crippen LogP contribution in [-0.4, -0.2) is 17.7 Å². The summed E-state index contributed by atoms with van der Waals surface area (Å²) in [4.78, 5) is 0. The number of benzene rings is 2. The molecule has 0 saturated heterocycles. The number of hydrogen-bond donors (Lipinski definition) is 2. The molecule has 2 unspecified atom stereocenters. The molecule has 0 amide bonds. The first kappa shape index (κ1) is 12.6. The first-order valence-corrected chi connectivity index (χ1v) is 6.96. The van der Waals surface area contributed by atoms with Gasteiger partial charge in [-0.25, -0.2) is 0 Å². The van der Waals surface area contributed by atoms with Crippen LogP contribution in [0.3, 0.4) is 0 Å². The van der Waals surface area contributed by atoms with Gasteiger partial charge in [-0.15, -0.1) is 0 Å². The summed E-state index contributed by atoms with van der Waals surface area (Å²) in [7, 11) is 0. The van der Waals surface area contributed by atoms with Crippen LogP contribution in [0.5, 0.6) is 0 Å². The van der Waals surface area contributed by atoms with Crippen molar-refractivity contribution >= 4 is 10.8 Å². The number of hydrogen-bond acceptors (Lipinski definition) is 2. The van der Waals surface area contributed by atoms with E-state index in [0.29, 0.717) is 18.0 Å². The molecule has 2 aromatic rings. The van der Waals surface area contributed by atoms with E-state index in [1.807, 2.05) is 18.2 Å². The van der Waals surface area contributed by atoms with Gasteiger partial charge in [-0.1, -0.05) is 50.2 Å². The van der Waals surface area contributed by atoms with E-state index >= 15 is 0 Å². The Labute approximate surface area is 114 Å².